The molecule has 0 N–H and O–H groups in total. The maximum Gasteiger partial charge on any atom is 0.232 e. The molecule has 0 saturated heterocycles. The number of benzene rings is 1. The van der Waals surface area contributed by atoms with Gasteiger partial charge in [0.05, 0.1) is 11.4 Å². The van der Waals surface area contributed by atoms with Gasteiger partial charge < -0.3 is 4.90 Å². The van der Waals surface area contributed by atoms with Crippen molar-refractivity contribution in [3.05, 3.63) is 72.3 Å². The van der Waals surface area contributed by atoms with E-state index in [9.17, 15) is 4.79 Å². The lowest BCUT2D eigenvalue weighted by Gasteiger charge is -2.17. The number of aromatic nitrogens is 3. The van der Waals surface area contributed by atoms with Crippen molar-refractivity contribution in [1.29, 1.82) is 0 Å². The standard InChI is InChI=1S/C20H22N4OS/c1-16-7-3-4-9-18(16)24-14-12-22-20(24)26-15-19(25)23(2)13-10-17-8-5-6-11-21-17/h3-9,11-12,14H,10,13,15H2,1-2H3. The molecule has 0 aliphatic rings. The third-order valence-corrected chi connectivity index (χ3v) is 5.11. The fourth-order valence-electron chi connectivity index (χ4n) is 2.60. The van der Waals surface area contributed by atoms with Crippen LogP contribution < -0.4 is 0 Å². The molecule has 0 unspecified atom stereocenters. The summed E-state index contributed by atoms with van der Waals surface area (Å²) in [6.45, 7) is 2.73. The molecule has 2 aromatic heterocycles. The maximum atomic E-state index is 12.4. The summed E-state index contributed by atoms with van der Waals surface area (Å²) in [5.74, 6) is 0.451. The quantitative estimate of drug-likeness (QED) is 0.602. The monoisotopic (exact) mass is 366 g/mol. The fraction of sp³-hybridized carbons (Fsp3) is 0.250. The van der Waals surface area contributed by atoms with Crippen LogP contribution in [0.25, 0.3) is 5.69 Å². The van der Waals surface area contributed by atoms with Crippen LogP contribution in [0.2, 0.25) is 0 Å². The predicted octanol–water partition coefficient (Wildman–Crippen LogP) is 3.37. The van der Waals surface area contributed by atoms with Crippen molar-refractivity contribution >= 4 is 17.7 Å². The average Bonchev–Trinajstić information content (AvgIpc) is 3.13. The molecule has 0 aliphatic carbocycles. The van der Waals surface area contributed by atoms with Crippen molar-refractivity contribution < 1.29 is 4.79 Å². The van der Waals surface area contributed by atoms with E-state index in [0.29, 0.717) is 12.3 Å². The second-order valence-electron chi connectivity index (χ2n) is 6.04. The lowest BCUT2D eigenvalue weighted by Crippen LogP contribution is -2.30. The summed E-state index contributed by atoms with van der Waals surface area (Å²) in [6, 6.07) is 14.0. The zero-order chi connectivity index (χ0) is 18.4. The van der Waals surface area contributed by atoms with Gasteiger partial charge in [-0.2, -0.15) is 0 Å². The van der Waals surface area contributed by atoms with Crippen molar-refractivity contribution in [2.45, 2.75) is 18.5 Å². The first-order chi connectivity index (χ1) is 12.6. The first kappa shape index (κ1) is 18.2. The topological polar surface area (TPSA) is 51.0 Å². The molecule has 0 fully saturated rings. The van der Waals surface area contributed by atoms with Gasteiger partial charge in [-0.25, -0.2) is 4.98 Å². The number of hydrogen-bond acceptors (Lipinski definition) is 4. The first-order valence-electron chi connectivity index (χ1n) is 8.51. The number of nitrogens with zero attached hydrogens (tertiary/aromatic N) is 4. The van der Waals surface area contributed by atoms with Gasteiger partial charge in [0.2, 0.25) is 5.91 Å². The Morgan fingerprint density at radius 3 is 2.69 bits per heavy atom. The Morgan fingerprint density at radius 1 is 1.12 bits per heavy atom. The van der Waals surface area contributed by atoms with Crippen LogP contribution in [-0.2, 0) is 11.2 Å². The molecule has 3 aromatic rings. The minimum Gasteiger partial charge on any atom is -0.345 e. The lowest BCUT2D eigenvalue weighted by molar-refractivity contribution is -0.127. The molecule has 0 bridgehead atoms. The first-order valence-corrected chi connectivity index (χ1v) is 9.50. The van der Waals surface area contributed by atoms with Crippen molar-refractivity contribution in [2.24, 2.45) is 0 Å². The number of pyridine rings is 1. The van der Waals surface area contributed by atoms with E-state index in [1.54, 1.807) is 17.3 Å². The van der Waals surface area contributed by atoms with Gasteiger partial charge >= 0.3 is 0 Å². The van der Waals surface area contributed by atoms with Crippen LogP contribution in [0.15, 0.2) is 66.2 Å². The molecule has 0 aliphatic heterocycles. The van der Waals surface area contributed by atoms with Crippen LogP contribution in [0.1, 0.15) is 11.3 Å². The Labute approximate surface area is 158 Å². The van der Waals surface area contributed by atoms with Gasteiger partial charge in [-0.3, -0.25) is 14.3 Å². The SMILES string of the molecule is Cc1ccccc1-n1ccnc1SCC(=O)N(C)CCc1ccccn1. The third kappa shape index (κ3) is 4.52. The maximum absolute atomic E-state index is 12.4. The Kier molecular flexibility index (Phi) is 6.07. The van der Waals surface area contributed by atoms with E-state index in [-0.39, 0.29) is 5.91 Å². The summed E-state index contributed by atoms with van der Waals surface area (Å²) in [4.78, 5) is 22.9. The minimum atomic E-state index is 0.0882. The van der Waals surface area contributed by atoms with E-state index < -0.39 is 0 Å². The molecule has 0 spiro atoms. The summed E-state index contributed by atoms with van der Waals surface area (Å²) < 4.78 is 2.03. The largest absolute Gasteiger partial charge is 0.345 e. The minimum absolute atomic E-state index is 0.0882. The normalized spacial score (nSPS) is 10.7. The Balaban J connectivity index is 1.57. The number of aryl methyl sites for hydroxylation is 1. The van der Waals surface area contributed by atoms with Crippen LogP contribution >= 0.6 is 11.8 Å². The molecular weight excluding hydrogens is 344 g/mol. The number of likely N-dealkylation sites (N-methyl/N-ethyl adjacent to an activating group) is 1. The number of para-hydroxylation sites is 1. The van der Waals surface area contributed by atoms with Crippen LogP contribution in [-0.4, -0.2) is 44.7 Å². The van der Waals surface area contributed by atoms with Crippen molar-refractivity contribution in [3.8, 4) is 5.69 Å². The van der Waals surface area contributed by atoms with E-state index in [4.69, 9.17) is 0 Å². The third-order valence-electron chi connectivity index (χ3n) is 4.16. The number of rotatable bonds is 7. The summed E-state index contributed by atoms with van der Waals surface area (Å²) in [5, 5.41) is 0.825. The lowest BCUT2D eigenvalue weighted by atomic mass is 10.2. The Bertz CT molecular complexity index is 863. The van der Waals surface area contributed by atoms with Gasteiger partial charge in [-0.1, -0.05) is 36.0 Å². The molecule has 26 heavy (non-hydrogen) atoms. The smallest absolute Gasteiger partial charge is 0.232 e. The average molecular weight is 366 g/mol. The van der Waals surface area contributed by atoms with Gasteiger partial charge in [-0.15, -0.1) is 0 Å². The highest BCUT2D eigenvalue weighted by Crippen LogP contribution is 2.22. The molecule has 1 aromatic carbocycles. The van der Waals surface area contributed by atoms with Crippen molar-refractivity contribution in [1.82, 2.24) is 19.4 Å². The molecule has 5 nitrogen and oxygen atoms in total. The van der Waals surface area contributed by atoms with Crippen LogP contribution in [0, 0.1) is 6.92 Å². The van der Waals surface area contributed by atoms with Gasteiger partial charge in [-0.05, 0) is 30.7 Å². The molecule has 0 saturated carbocycles. The highest BCUT2D eigenvalue weighted by molar-refractivity contribution is 7.99. The Morgan fingerprint density at radius 2 is 1.92 bits per heavy atom. The molecule has 1 amide bonds. The molecule has 3 rings (SSSR count). The zero-order valence-corrected chi connectivity index (χ0v) is 15.8. The summed E-state index contributed by atoms with van der Waals surface area (Å²) in [5.41, 5.74) is 3.25. The summed E-state index contributed by atoms with van der Waals surface area (Å²) in [7, 11) is 1.83. The second kappa shape index (κ2) is 8.67. The number of hydrogen-bond donors (Lipinski definition) is 0. The molecule has 6 heteroatoms. The van der Waals surface area contributed by atoms with E-state index in [2.05, 4.69) is 29.0 Å². The number of carbonyl (C=O) groups is 1. The number of imidazole rings is 1. The number of amides is 1. The fourth-order valence-corrected chi connectivity index (χ4v) is 3.51. The van der Waals surface area contributed by atoms with Crippen LogP contribution in [0.4, 0.5) is 0 Å². The Hall–Kier alpha value is -2.60. The number of carbonyl (C=O) groups excluding carboxylic acids is 1. The second-order valence-corrected chi connectivity index (χ2v) is 6.98. The van der Waals surface area contributed by atoms with Crippen molar-refractivity contribution in [3.63, 3.8) is 0 Å². The summed E-state index contributed by atoms with van der Waals surface area (Å²) in [6.07, 6.45) is 6.23. The van der Waals surface area contributed by atoms with Gasteiger partial charge in [0, 0.05) is 44.3 Å². The van der Waals surface area contributed by atoms with Crippen LogP contribution in [0.3, 0.4) is 0 Å². The summed E-state index contributed by atoms with van der Waals surface area (Å²) >= 11 is 1.46. The van der Waals surface area contributed by atoms with E-state index >= 15 is 0 Å². The molecule has 2 heterocycles. The van der Waals surface area contributed by atoms with Crippen molar-refractivity contribution in [2.75, 3.05) is 19.3 Å². The van der Waals surface area contributed by atoms with E-state index in [0.717, 1.165) is 23.0 Å². The highest BCUT2D eigenvalue weighted by Gasteiger charge is 2.13. The van der Waals surface area contributed by atoms with Gasteiger partial charge in [0.15, 0.2) is 5.16 Å². The van der Waals surface area contributed by atoms with Gasteiger partial charge in [0.25, 0.3) is 0 Å². The van der Waals surface area contributed by atoms with E-state index in [1.807, 2.05) is 48.1 Å². The zero-order valence-electron chi connectivity index (χ0n) is 15.0. The van der Waals surface area contributed by atoms with Gasteiger partial charge in [0.1, 0.15) is 0 Å². The highest BCUT2D eigenvalue weighted by atomic mass is 32.2. The molecule has 0 radical (unpaired) electrons. The molecular formula is C20H22N4OS. The molecule has 0 atom stereocenters. The van der Waals surface area contributed by atoms with E-state index in [1.165, 1.54) is 17.3 Å². The van der Waals surface area contributed by atoms with Crippen LogP contribution in [0.5, 0.6) is 0 Å². The molecule has 134 valence electrons. The number of thioether (sulfide) groups is 1. The predicted molar refractivity (Wildman–Crippen MR) is 105 cm³/mol.